The van der Waals surface area contributed by atoms with Gasteiger partial charge >= 0.3 is 6.18 Å². The van der Waals surface area contributed by atoms with Crippen LogP contribution < -0.4 is 5.32 Å². The summed E-state index contributed by atoms with van der Waals surface area (Å²) >= 11 is 0. The summed E-state index contributed by atoms with van der Waals surface area (Å²) in [5, 5.41) is 12.4. The van der Waals surface area contributed by atoms with Gasteiger partial charge in [-0.05, 0) is 49.5 Å². The molecule has 12 heteroatoms. The van der Waals surface area contributed by atoms with E-state index in [1.165, 1.54) is 4.90 Å². The lowest BCUT2D eigenvalue weighted by molar-refractivity contribution is -0.137. The lowest BCUT2D eigenvalue weighted by Gasteiger charge is -2.32. The molecule has 2 amide bonds. The lowest BCUT2D eigenvalue weighted by Crippen LogP contribution is -2.48. The number of alkyl halides is 5. The number of allylic oxidation sites excluding steroid dienone is 1. The van der Waals surface area contributed by atoms with Gasteiger partial charge in [-0.1, -0.05) is 12.1 Å². The van der Waals surface area contributed by atoms with E-state index in [9.17, 15) is 36.6 Å². The number of aliphatic hydroxyl groups is 1. The Labute approximate surface area is 212 Å². The molecule has 2 heterocycles. The fourth-order valence-corrected chi connectivity index (χ4v) is 4.51. The van der Waals surface area contributed by atoms with E-state index in [0.29, 0.717) is 44.5 Å². The molecule has 0 aliphatic carbocycles. The summed E-state index contributed by atoms with van der Waals surface area (Å²) in [6, 6.07) is 1.53. The van der Waals surface area contributed by atoms with Gasteiger partial charge in [0.15, 0.2) is 0 Å². The lowest BCUT2D eigenvalue weighted by atomic mass is 9.92. The third-order valence-corrected chi connectivity index (χ3v) is 6.49. The minimum atomic E-state index is -4.71. The Morgan fingerprint density at radius 1 is 1.24 bits per heavy atom. The molecule has 0 unspecified atom stereocenters. The predicted molar refractivity (Wildman–Crippen MR) is 127 cm³/mol. The van der Waals surface area contributed by atoms with Crippen molar-refractivity contribution in [2.75, 3.05) is 33.8 Å². The molecule has 37 heavy (non-hydrogen) atoms. The SMILES string of the molecule is CN(C)C(=O)[C@@H](CO)NC1=NC(=O)C/C1=C\C1CCN(Cc2ccc(C(F)(F)F)cc2C(C)(F)F)CC1. The molecule has 1 aromatic rings. The fourth-order valence-electron chi connectivity index (χ4n) is 4.51. The van der Waals surface area contributed by atoms with Gasteiger partial charge in [0.25, 0.3) is 11.8 Å². The summed E-state index contributed by atoms with van der Waals surface area (Å²) in [5.41, 5.74) is -0.957. The smallest absolute Gasteiger partial charge is 0.394 e. The van der Waals surface area contributed by atoms with Gasteiger partial charge in [-0.25, -0.2) is 8.78 Å². The highest BCUT2D eigenvalue weighted by Crippen LogP contribution is 2.37. The number of nitrogens with one attached hydrogen (secondary N) is 1. The molecule has 0 saturated carbocycles. The van der Waals surface area contributed by atoms with Crippen LogP contribution in [0.15, 0.2) is 34.8 Å². The van der Waals surface area contributed by atoms with Crippen LogP contribution >= 0.6 is 0 Å². The van der Waals surface area contributed by atoms with E-state index < -0.39 is 35.9 Å². The number of amidine groups is 1. The third-order valence-electron chi connectivity index (χ3n) is 6.49. The molecule has 2 N–H and O–H groups in total. The van der Waals surface area contributed by atoms with Crippen molar-refractivity contribution < 1.29 is 36.6 Å². The van der Waals surface area contributed by atoms with Gasteiger partial charge < -0.3 is 15.3 Å². The second-order valence-electron chi connectivity index (χ2n) is 9.71. The number of likely N-dealkylation sites (N-methyl/N-ethyl adjacent to an activating group) is 1. The Bertz CT molecular complexity index is 1070. The number of nitrogens with zero attached hydrogens (tertiary/aromatic N) is 3. The standard InChI is InChI=1S/C25H31F5N4O3/c1-24(26,27)19-12-18(25(28,29)30)5-4-16(19)13-34-8-6-15(7-9-34)10-17-11-21(36)32-22(17)31-20(14-35)23(37)33(2)3/h4-5,10,12,15,20,35H,6-9,11,13-14H2,1-3H3,(H,31,32,36)/b17-10+/t20-/m1/s1. The average molecular weight is 531 g/mol. The molecule has 1 aromatic carbocycles. The Morgan fingerprint density at radius 2 is 1.89 bits per heavy atom. The van der Waals surface area contributed by atoms with Crippen LogP contribution in [0.25, 0.3) is 0 Å². The molecule has 1 saturated heterocycles. The zero-order valence-corrected chi connectivity index (χ0v) is 20.9. The minimum absolute atomic E-state index is 0.0565. The summed E-state index contributed by atoms with van der Waals surface area (Å²) < 4.78 is 67.4. The predicted octanol–water partition coefficient (Wildman–Crippen LogP) is 3.32. The van der Waals surface area contributed by atoms with Crippen molar-refractivity contribution in [3.05, 3.63) is 46.5 Å². The molecule has 0 aromatic heterocycles. The van der Waals surface area contributed by atoms with E-state index in [4.69, 9.17) is 0 Å². The number of aliphatic imine (C=N–C) groups is 1. The van der Waals surface area contributed by atoms with E-state index in [0.717, 1.165) is 12.1 Å². The second kappa shape index (κ2) is 11.3. The van der Waals surface area contributed by atoms with E-state index in [-0.39, 0.29) is 42.1 Å². The Kier molecular flexibility index (Phi) is 8.74. The summed E-state index contributed by atoms with van der Waals surface area (Å²) in [4.78, 5) is 31.4. The highest BCUT2D eigenvalue weighted by Gasteiger charge is 2.36. The molecule has 0 spiro atoms. The van der Waals surface area contributed by atoms with Crippen LogP contribution in [-0.4, -0.2) is 72.4 Å². The number of likely N-dealkylation sites (tertiary alicyclic amines) is 1. The zero-order chi connectivity index (χ0) is 27.5. The molecule has 0 radical (unpaired) electrons. The van der Waals surface area contributed by atoms with Gasteiger partial charge in [0.05, 0.1) is 18.6 Å². The molecular weight excluding hydrogens is 499 g/mol. The maximum absolute atomic E-state index is 14.1. The molecule has 7 nitrogen and oxygen atoms in total. The van der Waals surface area contributed by atoms with Crippen molar-refractivity contribution in [1.29, 1.82) is 0 Å². The first-order valence-electron chi connectivity index (χ1n) is 11.9. The summed E-state index contributed by atoms with van der Waals surface area (Å²) in [6.07, 6.45) is -1.45. The van der Waals surface area contributed by atoms with Gasteiger partial charge in [0.1, 0.15) is 11.9 Å². The highest BCUT2D eigenvalue weighted by molar-refractivity contribution is 6.14. The third kappa shape index (κ3) is 7.35. The van der Waals surface area contributed by atoms with Crippen molar-refractivity contribution in [1.82, 2.24) is 15.1 Å². The van der Waals surface area contributed by atoms with Gasteiger partial charge in [-0.15, -0.1) is 0 Å². The number of amides is 2. The van der Waals surface area contributed by atoms with E-state index in [2.05, 4.69) is 10.3 Å². The first-order chi connectivity index (χ1) is 17.2. The number of rotatable bonds is 7. The largest absolute Gasteiger partial charge is 0.416 e. The van der Waals surface area contributed by atoms with Crippen LogP contribution in [0.2, 0.25) is 0 Å². The Balaban J connectivity index is 1.66. The van der Waals surface area contributed by atoms with Gasteiger partial charge in [0, 0.05) is 38.7 Å². The van der Waals surface area contributed by atoms with Gasteiger partial charge in [-0.2, -0.15) is 18.2 Å². The normalized spacial score (nSPS) is 19.8. The number of hydrogen-bond acceptors (Lipinski definition) is 5. The number of piperidine rings is 1. The molecule has 0 bridgehead atoms. The zero-order valence-electron chi connectivity index (χ0n) is 20.9. The number of hydrogen-bond donors (Lipinski definition) is 2. The van der Waals surface area contributed by atoms with Gasteiger partial charge in [-0.3, -0.25) is 14.5 Å². The summed E-state index contributed by atoms with van der Waals surface area (Å²) in [6.45, 7) is 1.26. The van der Waals surface area contributed by atoms with E-state index in [1.54, 1.807) is 14.1 Å². The average Bonchev–Trinajstić information content (AvgIpc) is 3.15. The molecule has 204 valence electrons. The molecule has 1 fully saturated rings. The van der Waals surface area contributed by atoms with Gasteiger partial charge in [0.2, 0.25) is 5.91 Å². The van der Waals surface area contributed by atoms with Crippen molar-refractivity contribution >= 4 is 17.6 Å². The van der Waals surface area contributed by atoms with Crippen LogP contribution in [-0.2, 0) is 28.2 Å². The van der Waals surface area contributed by atoms with Crippen molar-refractivity contribution in [3.8, 4) is 0 Å². The monoisotopic (exact) mass is 530 g/mol. The summed E-state index contributed by atoms with van der Waals surface area (Å²) in [7, 11) is 3.10. The van der Waals surface area contributed by atoms with Crippen molar-refractivity contribution in [2.45, 2.75) is 50.9 Å². The van der Waals surface area contributed by atoms with Crippen LogP contribution in [0.5, 0.6) is 0 Å². The number of halogens is 5. The Morgan fingerprint density at radius 3 is 2.43 bits per heavy atom. The Hall–Kier alpha value is -2.86. The van der Waals surface area contributed by atoms with Crippen LogP contribution in [0.3, 0.4) is 0 Å². The number of carbonyl (C=O) groups is 2. The van der Waals surface area contributed by atoms with Crippen LogP contribution in [0.1, 0.15) is 42.9 Å². The summed E-state index contributed by atoms with van der Waals surface area (Å²) in [5.74, 6) is -3.84. The molecule has 3 rings (SSSR count). The topological polar surface area (TPSA) is 85.2 Å². The highest BCUT2D eigenvalue weighted by atomic mass is 19.4. The van der Waals surface area contributed by atoms with Crippen LogP contribution in [0, 0.1) is 5.92 Å². The second-order valence-corrected chi connectivity index (χ2v) is 9.71. The number of carbonyl (C=O) groups excluding carboxylic acids is 2. The maximum atomic E-state index is 14.1. The van der Waals surface area contributed by atoms with Crippen LogP contribution in [0.4, 0.5) is 22.0 Å². The van der Waals surface area contributed by atoms with E-state index >= 15 is 0 Å². The van der Waals surface area contributed by atoms with E-state index in [1.807, 2.05) is 11.0 Å². The minimum Gasteiger partial charge on any atom is -0.394 e. The maximum Gasteiger partial charge on any atom is 0.416 e. The molecular formula is C25H31F5N4O3. The first kappa shape index (κ1) is 28.7. The quantitative estimate of drug-likeness (QED) is 0.529. The molecule has 2 aliphatic heterocycles. The van der Waals surface area contributed by atoms with Crippen molar-refractivity contribution in [3.63, 3.8) is 0 Å². The molecule has 1 atom stereocenters. The number of benzene rings is 1. The fraction of sp³-hybridized carbons (Fsp3) is 0.560. The number of aliphatic hydroxyl groups excluding tert-OH is 1. The first-order valence-corrected chi connectivity index (χ1v) is 11.9. The molecule has 2 aliphatic rings. The van der Waals surface area contributed by atoms with Crippen molar-refractivity contribution in [2.24, 2.45) is 10.9 Å².